The van der Waals surface area contributed by atoms with Crippen molar-refractivity contribution in [3.63, 3.8) is 0 Å². The van der Waals surface area contributed by atoms with E-state index in [-0.39, 0.29) is 11.4 Å². The number of carbonyl (C=O) groups is 1. The zero-order valence-electron chi connectivity index (χ0n) is 17.0. The number of carbonyl (C=O) groups excluding carboxylic acids is 1. The number of hydrazone groups is 1. The Morgan fingerprint density at radius 3 is 2.60 bits per heavy atom. The molecule has 3 aromatic rings. The van der Waals surface area contributed by atoms with Gasteiger partial charge in [0.25, 0.3) is 5.91 Å². The van der Waals surface area contributed by atoms with Crippen molar-refractivity contribution in [2.24, 2.45) is 5.10 Å². The Morgan fingerprint density at radius 1 is 1.13 bits per heavy atom. The fraction of sp³-hybridized carbons (Fsp3) is 0.182. The van der Waals surface area contributed by atoms with E-state index in [1.807, 2.05) is 42.5 Å². The summed E-state index contributed by atoms with van der Waals surface area (Å²) in [4.78, 5) is 12.3. The molecule has 0 heterocycles. The molecule has 0 spiro atoms. The highest BCUT2D eigenvalue weighted by molar-refractivity contribution is 7.89. The summed E-state index contributed by atoms with van der Waals surface area (Å²) in [5.41, 5.74) is 3.93. The summed E-state index contributed by atoms with van der Waals surface area (Å²) in [7, 11) is -0.953. The minimum Gasteiger partial charge on any atom is -0.496 e. The fourth-order valence-corrected chi connectivity index (χ4v) is 4.26. The van der Waals surface area contributed by atoms with E-state index in [1.165, 1.54) is 26.3 Å². The number of aryl methyl sites for hydroxylation is 1. The van der Waals surface area contributed by atoms with Gasteiger partial charge >= 0.3 is 0 Å². The van der Waals surface area contributed by atoms with Crippen LogP contribution in [-0.4, -0.2) is 45.5 Å². The van der Waals surface area contributed by atoms with Crippen LogP contribution in [0.2, 0.25) is 0 Å². The molecule has 0 atom stereocenters. The lowest BCUT2D eigenvalue weighted by Gasteiger charge is -2.17. The van der Waals surface area contributed by atoms with Gasteiger partial charge in [-0.25, -0.2) is 13.8 Å². The molecule has 0 radical (unpaired) electrons. The van der Waals surface area contributed by atoms with Crippen molar-refractivity contribution in [2.75, 3.05) is 20.7 Å². The molecule has 0 unspecified atom stereocenters. The van der Waals surface area contributed by atoms with Gasteiger partial charge < -0.3 is 4.74 Å². The number of fused-ring (bicyclic) bond motifs is 1. The van der Waals surface area contributed by atoms with Crippen LogP contribution in [0.5, 0.6) is 5.75 Å². The predicted octanol–water partition coefficient (Wildman–Crippen LogP) is 2.93. The van der Waals surface area contributed by atoms with Crippen LogP contribution in [0.25, 0.3) is 10.8 Å². The number of hydrogen-bond acceptors (Lipinski definition) is 5. The Balaban J connectivity index is 1.66. The monoisotopic (exact) mass is 425 g/mol. The van der Waals surface area contributed by atoms with Gasteiger partial charge in [0.15, 0.2) is 0 Å². The normalized spacial score (nSPS) is 11.9. The van der Waals surface area contributed by atoms with E-state index in [9.17, 15) is 13.2 Å². The molecule has 0 fully saturated rings. The molecular formula is C22H23N3O4S. The highest BCUT2D eigenvalue weighted by Gasteiger charge is 2.23. The number of amides is 1. The Morgan fingerprint density at radius 2 is 1.87 bits per heavy atom. The molecule has 3 aromatic carbocycles. The Kier molecular flexibility index (Phi) is 6.49. The molecule has 30 heavy (non-hydrogen) atoms. The zero-order valence-corrected chi connectivity index (χ0v) is 17.8. The molecule has 156 valence electrons. The molecule has 1 N–H and O–H groups in total. The van der Waals surface area contributed by atoms with E-state index in [0.29, 0.717) is 11.3 Å². The van der Waals surface area contributed by atoms with Crippen LogP contribution < -0.4 is 10.2 Å². The van der Waals surface area contributed by atoms with Gasteiger partial charge in [-0.1, -0.05) is 42.5 Å². The summed E-state index contributed by atoms with van der Waals surface area (Å²) in [6, 6.07) is 18.2. The van der Waals surface area contributed by atoms with Crippen molar-refractivity contribution >= 4 is 32.9 Å². The van der Waals surface area contributed by atoms with E-state index in [0.717, 1.165) is 20.6 Å². The largest absolute Gasteiger partial charge is 0.496 e. The molecule has 0 saturated heterocycles. The topological polar surface area (TPSA) is 88.1 Å². The van der Waals surface area contributed by atoms with E-state index in [1.54, 1.807) is 19.2 Å². The Hall–Kier alpha value is -3.23. The van der Waals surface area contributed by atoms with Crippen LogP contribution in [0.3, 0.4) is 0 Å². The Bertz CT molecular complexity index is 1200. The standard InChI is InChI=1S/C22H23N3O4S/c1-16-13-19(11-12-21(16)29-3)30(27,28)25(2)15-22(26)24-23-14-18-9-6-8-17-7-4-5-10-20(17)18/h4-14H,15H2,1-3H3,(H,24,26)/b23-14-. The summed E-state index contributed by atoms with van der Waals surface area (Å²) in [6.45, 7) is 1.40. The van der Waals surface area contributed by atoms with Gasteiger partial charge in [0, 0.05) is 12.6 Å². The van der Waals surface area contributed by atoms with Crippen molar-refractivity contribution < 1.29 is 17.9 Å². The predicted molar refractivity (Wildman–Crippen MR) is 117 cm³/mol. The summed E-state index contributed by atoms with van der Waals surface area (Å²) in [5.74, 6) is 0.0555. The van der Waals surface area contributed by atoms with Crippen molar-refractivity contribution in [3.05, 3.63) is 71.8 Å². The smallest absolute Gasteiger partial charge is 0.255 e. The van der Waals surface area contributed by atoms with Crippen LogP contribution in [-0.2, 0) is 14.8 Å². The molecule has 7 nitrogen and oxygen atoms in total. The molecular weight excluding hydrogens is 402 g/mol. The molecule has 0 aromatic heterocycles. The second kappa shape index (κ2) is 9.06. The number of likely N-dealkylation sites (N-methyl/N-ethyl adjacent to an activating group) is 1. The van der Waals surface area contributed by atoms with Gasteiger partial charge in [-0.2, -0.15) is 9.41 Å². The zero-order chi connectivity index (χ0) is 21.7. The number of nitrogens with one attached hydrogen (secondary N) is 1. The average molecular weight is 426 g/mol. The Labute approximate surface area is 176 Å². The van der Waals surface area contributed by atoms with Crippen molar-refractivity contribution in [3.8, 4) is 5.75 Å². The van der Waals surface area contributed by atoms with Gasteiger partial charge in [0.05, 0.1) is 24.8 Å². The first kappa shape index (κ1) is 21.5. The quantitative estimate of drug-likeness (QED) is 0.466. The summed E-state index contributed by atoms with van der Waals surface area (Å²) in [5, 5.41) is 6.04. The number of rotatable bonds is 7. The number of sulfonamides is 1. The maximum Gasteiger partial charge on any atom is 0.255 e. The third-order valence-corrected chi connectivity index (χ3v) is 6.46. The third kappa shape index (κ3) is 4.67. The van der Waals surface area contributed by atoms with Crippen LogP contribution in [0, 0.1) is 6.92 Å². The molecule has 0 aliphatic rings. The minimum atomic E-state index is -3.82. The van der Waals surface area contributed by atoms with E-state index < -0.39 is 15.9 Å². The van der Waals surface area contributed by atoms with Crippen molar-refractivity contribution in [2.45, 2.75) is 11.8 Å². The number of benzene rings is 3. The van der Waals surface area contributed by atoms with Crippen LogP contribution >= 0.6 is 0 Å². The number of ether oxygens (including phenoxy) is 1. The fourth-order valence-electron chi connectivity index (χ4n) is 3.05. The van der Waals surface area contributed by atoms with E-state index in [4.69, 9.17) is 4.74 Å². The lowest BCUT2D eigenvalue weighted by Crippen LogP contribution is -2.36. The second-order valence-corrected chi connectivity index (χ2v) is 8.80. The van der Waals surface area contributed by atoms with Gasteiger partial charge in [0.2, 0.25) is 10.0 Å². The van der Waals surface area contributed by atoms with Crippen molar-refractivity contribution in [1.29, 1.82) is 0 Å². The lowest BCUT2D eigenvalue weighted by molar-refractivity contribution is -0.121. The molecule has 3 rings (SSSR count). The summed E-state index contributed by atoms with van der Waals surface area (Å²) >= 11 is 0. The first-order valence-electron chi connectivity index (χ1n) is 9.23. The molecule has 0 saturated carbocycles. The van der Waals surface area contributed by atoms with Crippen LogP contribution in [0.15, 0.2) is 70.7 Å². The van der Waals surface area contributed by atoms with Crippen molar-refractivity contribution in [1.82, 2.24) is 9.73 Å². The lowest BCUT2D eigenvalue weighted by atomic mass is 10.1. The number of methoxy groups -OCH3 is 1. The van der Waals surface area contributed by atoms with Gasteiger partial charge in [-0.05, 0) is 41.5 Å². The molecule has 0 aliphatic heterocycles. The van der Waals surface area contributed by atoms with Crippen LogP contribution in [0.4, 0.5) is 0 Å². The molecule has 1 amide bonds. The third-order valence-electron chi connectivity index (χ3n) is 4.66. The molecule has 0 bridgehead atoms. The van der Waals surface area contributed by atoms with Gasteiger partial charge in [0.1, 0.15) is 5.75 Å². The first-order valence-corrected chi connectivity index (χ1v) is 10.7. The second-order valence-electron chi connectivity index (χ2n) is 6.75. The van der Waals surface area contributed by atoms with Gasteiger partial charge in [-0.3, -0.25) is 4.79 Å². The maximum absolute atomic E-state index is 12.7. The molecule has 0 aliphatic carbocycles. The summed E-state index contributed by atoms with van der Waals surface area (Å²) < 4.78 is 31.6. The highest BCUT2D eigenvalue weighted by atomic mass is 32.2. The van der Waals surface area contributed by atoms with E-state index >= 15 is 0 Å². The van der Waals surface area contributed by atoms with Gasteiger partial charge in [-0.15, -0.1) is 0 Å². The number of hydrogen-bond donors (Lipinski definition) is 1. The average Bonchev–Trinajstić information content (AvgIpc) is 2.73. The first-order chi connectivity index (χ1) is 14.3. The van der Waals surface area contributed by atoms with Crippen LogP contribution in [0.1, 0.15) is 11.1 Å². The highest BCUT2D eigenvalue weighted by Crippen LogP contribution is 2.23. The molecule has 8 heteroatoms. The van der Waals surface area contributed by atoms with E-state index in [2.05, 4.69) is 10.5 Å². The SMILES string of the molecule is COc1ccc(S(=O)(=O)N(C)CC(=O)N/N=C\c2cccc3ccccc23)cc1C. The minimum absolute atomic E-state index is 0.0929. The maximum atomic E-state index is 12.7. The summed E-state index contributed by atoms with van der Waals surface area (Å²) in [6.07, 6.45) is 1.54. The number of nitrogens with zero attached hydrogens (tertiary/aromatic N) is 2.